The van der Waals surface area contributed by atoms with Gasteiger partial charge in [-0.2, -0.15) is 5.26 Å². The largest absolute Gasteiger partial charge is 0.391 e. The first-order valence-electron chi connectivity index (χ1n) is 6.43. The van der Waals surface area contributed by atoms with Gasteiger partial charge in [0.2, 0.25) is 4.91 Å². The van der Waals surface area contributed by atoms with Crippen LogP contribution in [0.4, 0.5) is 0 Å². The summed E-state index contributed by atoms with van der Waals surface area (Å²) in [5.74, 6) is -1.15. The van der Waals surface area contributed by atoms with E-state index in [1.807, 2.05) is 6.07 Å². The number of aliphatic hydroxyl groups excluding tert-OH is 2. The number of rotatable bonds is 3. The Morgan fingerprint density at radius 2 is 2.43 bits per heavy atom. The molecule has 12 heteroatoms. The van der Waals surface area contributed by atoms with E-state index in [1.54, 1.807) is 0 Å². The highest BCUT2D eigenvalue weighted by Crippen LogP contribution is 2.42. The lowest BCUT2D eigenvalue weighted by Crippen LogP contribution is -2.43. The third-order valence-corrected chi connectivity index (χ3v) is 3.67. The number of aliphatic hydroxyl groups is 2. The van der Waals surface area contributed by atoms with Gasteiger partial charge in [-0.15, -0.1) is 0 Å². The maximum atomic E-state index is 11.7. The van der Waals surface area contributed by atoms with Gasteiger partial charge in [-0.05, 0) is 0 Å². The van der Waals surface area contributed by atoms with Crippen LogP contribution in [-0.4, -0.2) is 48.2 Å². The van der Waals surface area contributed by atoms with E-state index in [-0.39, 0.29) is 11.2 Å². The number of nitriles is 1. The Hall–Kier alpha value is -2.97. The predicted octanol–water partition coefficient (Wildman–Crippen LogP) is -1.61. The summed E-state index contributed by atoms with van der Waals surface area (Å²) in [5, 5.41) is 32.5. The number of fused-ring (bicyclic) bond motifs is 1. The number of nitrogens with zero attached hydrogens (tertiary/aromatic N) is 6. The molecule has 0 spiro atoms. The minimum Gasteiger partial charge on any atom is -0.391 e. The van der Waals surface area contributed by atoms with Crippen molar-refractivity contribution in [3.8, 4) is 6.07 Å². The predicted molar refractivity (Wildman–Crippen MR) is 70.5 cm³/mol. The molecule has 118 valence electrons. The second-order valence-electron chi connectivity index (χ2n) is 4.87. The molecule has 4 N–H and O–H groups in total. The number of imidazole rings is 1. The molecule has 1 aliphatic rings. The van der Waals surface area contributed by atoms with Crippen molar-refractivity contribution in [1.82, 2.24) is 24.4 Å². The highest BCUT2D eigenvalue weighted by Gasteiger charge is 2.60. The van der Waals surface area contributed by atoms with Crippen molar-refractivity contribution in [3.63, 3.8) is 0 Å². The molecular weight excluding hydrogens is 308 g/mol. The fourth-order valence-corrected chi connectivity index (χ4v) is 2.53. The van der Waals surface area contributed by atoms with Gasteiger partial charge in [-0.3, -0.25) is 9.36 Å². The fraction of sp³-hybridized carbons (Fsp3) is 0.455. The van der Waals surface area contributed by atoms with E-state index in [9.17, 15) is 20.3 Å². The third-order valence-electron chi connectivity index (χ3n) is 3.67. The van der Waals surface area contributed by atoms with Crippen molar-refractivity contribution in [2.75, 3.05) is 6.61 Å². The number of ether oxygens (including phenoxy) is 1. The Balaban J connectivity index is 2.15. The Morgan fingerprint density at radius 1 is 1.65 bits per heavy atom. The first kappa shape index (κ1) is 14.9. The molecule has 3 rings (SSSR count). The van der Waals surface area contributed by atoms with Crippen LogP contribution in [0.15, 0.2) is 22.6 Å². The lowest BCUT2D eigenvalue weighted by Gasteiger charge is -2.18. The van der Waals surface area contributed by atoms with E-state index in [0.29, 0.717) is 0 Å². The summed E-state index contributed by atoms with van der Waals surface area (Å²) in [6.07, 6.45) is -0.249. The van der Waals surface area contributed by atoms with Crippen molar-refractivity contribution < 1.29 is 14.9 Å². The van der Waals surface area contributed by atoms with Gasteiger partial charge in [0.15, 0.2) is 22.5 Å². The lowest BCUT2D eigenvalue weighted by atomic mass is 9.98. The first-order valence-corrected chi connectivity index (χ1v) is 6.43. The summed E-state index contributed by atoms with van der Waals surface area (Å²) in [5.41, 5.74) is 4.57. The minimum absolute atomic E-state index is 0.0332. The van der Waals surface area contributed by atoms with Gasteiger partial charge in [0.25, 0.3) is 11.3 Å². The number of aromatic amines is 1. The standard InChI is InChI=1S/C11H10N8O4/c12-1-5-7(21)11(2-20,17-18-13)23-10(5)19-4-16-6-8(19)14-3-15-9(6)22/h3-5,7,10,13,20-21H,2H2/p+1/t5-,7-,10+,11+/m0/s1. The second kappa shape index (κ2) is 5.34. The minimum atomic E-state index is -1.94. The Kier molecular flexibility index (Phi) is 3.47. The van der Waals surface area contributed by atoms with Crippen LogP contribution in [0, 0.1) is 22.8 Å². The average Bonchev–Trinajstić information content (AvgIpc) is 3.09. The SMILES string of the molecule is N#C[C@@H]1[C@H](n2cnc3c(=O)[nH]cnc32)O[C@@](CO)(N=[N+]=N)[C@H]1O. The van der Waals surface area contributed by atoms with Crippen LogP contribution in [0.2, 0.25) is 0 Å². The molecule has 23 heavy (non-hydrogen) atoms. The van der Waals surface area contributed by atoms with Gasteiger partial charge >= 0.3 is 0 Å². The quantitative estimate of drug-likeness (QED) is 0.386. The molecule has 1 fully saturated rings. The molecular formula is C11H11N8O4+. The topological polar surface area (TPSA) is 187 Å². The summed E-state index contributed by atoms with van der Waals surface area (Å²) in [6.45, 7) is -0.786. The zero-order valence-corrected chi connectivity index (χ0v) is 11.5. The lowest BCUT2D eigenvalue weighted by molar-refractivity contribution is -0.126. The van der Waals surface area contributed by atoms with Crippen LogP contribution in [0.3, 0.4) is 0 Å². The van der Waals surface area contributed by atoms with Crippen molar-refractivity contribution in [1.29, 1.82) is 10.8 Å². The van der Waals surface area contributed by atoms with Crippen molar-refractivity contribution in [3.05, 3.63) is 23.0 Å². The molecule has 1 saturated heterocycles. The first-order chi connectivity index (χ1) is 11.1. The monoisotopic (exact) mass is 319 g/mol. The molecule has 2 aromatic rings. The molecule has 2 aromatic heterocycles. The molecule has 0 unspecified atom stereocenters. The molecule has 0 bridgehead atoms. The van der Waals surface area contributed by atoms with Crippen LogP contribution in [-0.2, 0) is 4.74 Å². The Bertz CT molecular complexity index is 893. The summed E-state index contributed by atoms with van der Waals surface area (Å²) >= 11 is 0. The molecule has 1 aliphatic heterocycles. The second-order valence-corrected chi connectivity index (χ2v) is 4.87. The van der Waals surface area contributed by atoms with E-state index in [2.05, 4.69) is 25.0 Å². The molecule has 0 saturated carbocycles. The zero-order chi connectivity index (χ0) is 16.6. The highest BCUT2D eigenvalue weighted by molar-refractivity contribution is 5.68. The third kappa shape index (κ3) is 2.04. The van der Waals surface area contributed by atoms with Crippen LogP contribution in [0.5, 0.6) is 0 Å². The van der Waals surface area contributed by atoms with E-state index < -0.39 is 36.1 Å². The van der Waals surface area contributed by atoms with E-state index in [1.165, 1.54) is 17.2 Å². The van der Waals surface area contributed by atoms with Gasteiger partial charge in [-0.25, -0.2) is 9.97 Å². The molecule has 4 atom stereocenters. The average molecular weight is 319 g/mol. The zero-order valence-electron chi connectivity index (χ0n) is 11.5. The maximum absolute atomic E-state index is 11.7. The van der Waals surface area contributed by atoms with Crippen LogP contribution in [0.1, 0.15) is 6.23 Å². The number of hydrogen-bond acceptors (Lipinski definition) is 9. The van der Waals surface area contributed by atoms with Crippen molar-refractivity contribution in [2.24, 2.45) is 11.0 Å². The molecule has 0 aliphatic carbocycles. The maximum Gasteiger partial charge on any atom is 0.294 e. The normalized spacial score (nSPS) is 30.0. The Labute approximate surface area is 127 Å². The number of hydrogen-bond donors (Lipinski definition) is 4. The fourth-order valence-electron chi connectivity index (χ4n) is 2.53. The molecule has 0 amide bonds. The number of aromatic nitrogens is 4. The Morgan fingerprint density at radius 3 is 3.09 bits per heavy atom. The summed E-state index contributed by atoms with van der Waals surface area (Å²) in [7, 11) is 0. The van der Waals surface area contributed by atoms with Gasteiger partial charge < -0.3 is 19.9 Å². The number of nitrogens with one attached hydrogen (secondary N) is 2. The summed E-state index contributed by atoms with van der Waals surface area (Å²) in [4.78, 5) is 24.7. The molecule has 0 aromatic carbocycles. The number of H-pyrrole nitrogens is 1. The van der Waals surface area contributed by atoms with Crippen LogP contribution >= 0.6 is 0 Å². The van der Waals surface area contributed by atoms with Crippen LogP contribution in [0.25, 0.3) is 11.2 Å². The van der Waals surface area contributed by atoms with E-state index in [0.717, 1.165) is 0 Å². The van der Waals surface area contributed by atoms with Gasteiger partial charge in [0, 0.05) is 0 Å². The van der Waals surface area contributed by atoms with E-state index in [4.69, 9.17) is 10.3 Å². The van der Waals surface area contributed by atoms with Crippen molar-refractivity contribution in [2.45, 2.75) is 18.1 Å². The van der Waals surface area contributed by atoms with E-state index >= 15 is 0 Å². The van der Waals surface area contributed by atoms with Gasteiger partial charge in [-0.1, -0.05) is 0 Å². The molecule has 3 heterocycles. The molecule has 0 radical (unpaired) electrons. The van der Waals surface area contributed by atoms with Crippen molar-refractivity contribution >= 4 is 11.2 Å². The van der Waals surface area contributed by atoms with Gasteiger partial charge in [0.1, 0.15) is 24.2 Å². The summed E-state index contributed by atoms with van der Waals surface area (Å²) < 4.78 is 6.80. The van der Waals surface area contributed by atoms with Crippen LogP contribution < -0.4 is 10.5 Å². The molecule has 12 nitrogen and oxygen atoms in total. The smallest absolute Gasteiger partial charge is 0.294 e. The summed E-state index contributed by atoms with van der Waals surface area (Å²) in [6, 6.07) is 1.87. The highest BCUT2D eigenvalue weighted by atomic mass is 16.6. The van der Waals surface area contributed by atoms with Gasteiger partial charge in [0.05, 0.1) is 18.7 Å².